The van der Waals surface area contributed by atoms with Gasteiger partial charge in [-0.3, -0.25) is 4.79 Å². The molecular formula is C18H23ClFN3O. The zero-order chi connectivity index (χ0) is 16.0. The molecule has 1 saturated heterocycles. The van der Waals surface area contributed by atoms with Crippen molar-refractivity contribution in [2.75, 3.05) is 6.54 Å². The van der Waals surface area contributed by atoms with Crippen LogP contribution in [0.25, 0.3) is 10.9 Å². The highest BCUT2D eigenvalue weighted by Crippen LogP contribution is 2.43. The van der Waals surface area contributed by atoms with Crippen LogP contribution in [0.15, 0.2) is 30.5 Å². The van der Waals surface area contributed by atoms with Crippen LogP contribution in [-0.2, 0) is 11.3 Å². The van der Waals surface area contributed by atoms with E-state index in [-0.39, 0.29) is 42.3 Å². The van der Waals surface area contributed by atoms with E-state index in [1.807, 2.05) is 21.7 Å². The lowest BCUT2D eigenvalue weighted by molar-refractivity contribution is -0.146. The van der Waals surface area contributed by atoms with Crippen molar-refractivity contribution >= 4 is 29.2 Å². The maximum atomic E-state index is 13.5. The fraction of sp³-hybridized carbons (Fsp3) is 0.500. The van der Waals surface area contributed by atoms with Crippen LogP contribution in [-0.4, -0.2) is 33.5 Å². The molecule has 1 aromatic carbocycles. The van der Waals surface area contributed by atoms with Crippen LogP contribution in [0, 0.1) is 5.82 Å². The lowest BCUT2D eigenvalue weighted by atomic mass is 9.67. The Balaban J connectivity index is 0.00000169. The molecule has 4 rings (SSSR count). The minimum absolute atomic E-state index is 0. The summed E-state index contributed by atoms with van der Waals surface area (Å²) in [6, 6.07) is 6.84. The third kappa shape index (κ3) is 2.80. The number of fused-ring (bicyclic) bond motifs is 1. The molecule has 1 aliphatic heterocycles. The minimum atomic E-state index is -0.274. The Morgan fingerprint density at radius 3 is 2.83 bits per heavy atom. The van der Waals surface area contributed by atoms with Crippen molar-refractivity contribution in [2.24, 2.45) is 5.73 Å². The Hall–Kier alpha value is -1.59. The third-order valence-corrected chi connectivity index (χ3v) is 5.47. The lowest BCUT2D eigenvalue weighted by Gasteiger charge is -2.56. The SMILES string of the molecule is Cl.NC1CC2(CCCCN2C(=O)Cn2ccc3ccc(F)cc32)C1. The number of hydrogen-bond donors (Lipinski definition) is 1. The molecule has 1 aromatic heterocycles. The van der Waals surface area contributed by atoms with Gasteiger partial charge in [0.15, 0.2) is 0 Å². The van der Waals surface area contributed by atoms with Crippen LogP contribution >= 0.6 is 12.4 Å². The second-order valence-corrected chi connectivity index (χ2v) is 7.04. The number of hydrogen-bond acceptors (Lipinski definition) is 2. The highest BCUT2D eigenvalue weighted by molar-refractivity contribution is 5.85. The summed E-state index contributed by atoms with van der Waals surface area (Å²) in [5.41, 5.74) is 6.75. The number of nitrogens with zero attached hydrogens (tertiary/aromatic N) is 2. The van der Waals surface area contributed by atoms with Crippen molar-refractivity contribution in [3.63, 3.8) is 0 Å². The molecule has 130 valence electrons. The average Bonchev–Trinajstić information content (AvgIpc) is 2.88. The Labute approximate surface area is 147 Å². The zero-order valence-corrected chi connectivity index (χ0v) is 14.4. The summed E-state index contributed by atoms with van der Waals surface area (Å²) in [7, 11) is 0. The first-order valence-electron chi connectivity index (χ1n) is 8.38. The Morgan fingerprint density at radius 1 is 1.29 bits per heavy atom. The van der Waals surface area contributed by atoms with Crippen molar-refractivity contribution in [1.29, 1.82) is 0 Å². The molecule has 24 heavy (non-hydrogen) atoms. The Kier molecular flexibility index (Phi) is 4.58. The summed E-state index contributed by atoms with van der Waals surface area (Å²) in [5.74, 6) is -0.150. The molecule has 2 aromatic rings. The van der Waals surface area contributed by atoms with Gasteiger partial charge in [0.05, 0.1) is 5.52 Å². The van der Waals surface area contributed by atoms with Gasteiger partial charge >= 0.3 is 0 Å². The van der Waals surface area contributed by atoms with Crippen LogP contribution in [0.2, 0.25) is 0 Å². The summed E-state index contributed by atoms with van der Waals surface area (Å²) in [5, 5.41) is 0.957. The van der Waals surface area contributed by atoms with Crippen molar-refractivity contribution in [3.05, 3.63) is 36.3 Å². The highest BCUT2D eigenvalue weighted by atomic mass is 35.5. The van der Waals surface area contributed by atoms with Gasteiger partial charge in [-0.15, -0.1) is 12.4 Å². The topological polar surface area (TPSA) is 51.3 Å². The number of carbonyl (C=O) groups is 1. The van der Waals surface area contributed by atoms with Gasteiger partial charge in [-0.1, -0.05) is 0 Å². The largest absolute Gasteiger partial charge is 0.338 e. The van der Waals surface area contributed by atoms with Gasteiger partial charge in [-0.2, -0.15) is 0 Å². The minimum Gasteiger partial charge on any atom is -0.338 e. The predicted molar refractivity (Wildman–Crippen MR) is 94.6 cm³/mol. The maximum absolute atomic E-state index is 13.5. The van der Waals surface area contributed by atoms with Gasteiger partial charge in [0.1, 0.15) is 12.4 Å². The standard InChI is InChI=1S/C18H22FN3O.ClH/c19-14-4-3-13-5-8-21(16(13)9-14)12-17(23)22-7-2-1-6-18(22)10-15(20)11-18;/h3-5,8-9,15H,1-2,6-7,10-12,20H2;1H. The van der Waals surface area contributed by atoms with Crippen molar-refractivity contribution < 1.29 is 9.18 Å². The lowest BCUT2D eigenvalue weighted by Crippen LogP contribution is -2.65. The normalized spacial score (nSPS) is 26.2. The van der Waals surface area contributed by atoms with E-state index in [0.717, 1.165) is 43.1 Å². The van der Waals surface area contributed by atoms with Crippen LogP contribution < -0.4 is 5.73 Å². The molecule has 0 unspecified atom stereocenters. The van der Waals surface area contributed by atoms with E-state index in [1.165, 1.54) is 18.6 Å². The summed E-state index contributed by atoms with van der Waals surface area (Å²) in [6.45, 7) is 1.09. The first-order valence-corrected chi connectivity index (χ1v) is 8.38. The molecule has 0 radical (unpaired) electrons. The summed E-state index contributed by atoms with van der Waals surface area (Å²) in [6.07, 6.45) is 7.00. The molecule has 0 atom stereocenters. The van der Waals surface area contributed by atoms with E-state index >= 15 is 0 Å². The Bertz CT molecular complexity index is 748. The molecule has 2 N–H and O–H groups in total. The molecule has 1 spiro atoms. The van der Waals surface area contributed by atoms with Crippen molar-refractivity contribution in [2.45, 2.75) is 50.2 Å². The van der Waals surface area contributed by atoms with Crippen molar-refractivity contribution in [1.82, 2.24) is 9.47 Å². The highest BCUT2D eigenvalue weighted by Gasteiger charge is 2.49. The second-order valence-electron chi connectivity index (χ2n) is 7.04. The van der Waals surface area contributed by atoms with Crippen LogP contribution in [0.4, 0.5) is 4.39 Å². The number of likely N-dealkylation sites (tertiary alicyclic amines) is 1. The molecule has 1 aliphatic carbocycles. The van der Waals surface area contributed by atoms with Crippen LogP contribution in [0.3, 0.4) is 0 Å². The number of halogens is 2. The number of rotatable bonds is 2. The number of piperidine rings is 1. The van der Waals surface area contributed by atoms with E-state index in [1.54, 1.807) is 6.07 Å². The molecule has 0 bridgehead atoms. The monoisotopic (exact) mass is 351 g/mol. The Morgan fingerprint density at radius 2 is 2.08 bits per heavy atom. The molecule has 6 heteroatoms. The molecule has 2 heterocycles. The average molecular weight is 352 g/mol. The van der Waals surface area contributed by atoms with E-state index < -0.39 is 0 Å². The summed E-state index contributed by atoms with van der Waals surface area (Å²) >= 11 is 0. The van der Waals surface area contributed by atoms with E-state index in [9.17, 15) is 9.18 Å². The molecule has 2 fully saturated rings. The zero-order valence-electron chi connectivity index (χ0n) is 13.6. The first-order chi connectivity index (χ1) is 11.1. The first kappa shape index (κ1) is 17.2. The van der Waals surface area contributed by atoms with Gasteiger partial charge in [0, 0.05) is 24.3 Å². The maximum Gasteiger partial charge on any atom is 0.242 e. The van der Waals surface area contributed by atoms with Crippen molar-refractivity contribution in [3.8, 4) is 0 Å². The fourth-order valence-corrected chi connectivity index (χ4v) is 4.35. The van der Waals surface area contributed by atoms with Gasteiger partial charge in [0.25, 0.3) is 0 Å². The number of nitrogens with two attached hydrogens (primary N) is 1. The fourth-order valence-electron chi connectivity index (χ4n) is 4.35. The van der Waals surface area contributed by atoms with E-state index in [0.29, 0.717) is 0 Å². The predicted octanol–water partition coefficient (Wildman–Crippen LogP) is 3.07. The van der Waals surface area contributed by atoms with Crippen LogP contribution in [0.1, 0.15) is 32.1 Å². The molecule has 2 aliphatic rings. The van der Waals surface area contributed by atoms with Crippen LogP contribution in [0.5, 0.6) is 0 Å². The van der Waals surface area contributed by atoms with Gasteiger partial charge in [-0.05, 0) is 61.8 Å². The number of aromatic nitrogens is 1. The molecular weight excluding hydrogens is 329 g/mol. The summed E-state index contributed by atoms with van der Waals surface area (Å²) < 4.78 is 15.3. The number of carbonyl (C=O) groups excluding carboxylic acids is 1. The quantitative estimate of drug-likeness (QED) is 0.904. The number of amides is 1. The van der Waals surface area contributed by atoms with Gasteiger partial charge in [0.2, 0.25) is 5.91 Å². The second kappa shape index (κ2) is 6.37. The third-order valence-electron chi connectivity index (χ3n) is 5.47. The smallest absolute Gasteiger partial charge is 0.242 e. The molecule has 4 nitrogen and oxygen atoms in total. The summed E-state index contributed by atoms with van der Waals surface area (Å²) in [4.78, 5) is 14.9. The van der Waals surface area contributed by atoms with E-state index in [4.69, 9.17) is 5.73 Å². The number of benzene rings is 1. The molecule has 1 amide bonds. The molecule has 1 saturated carbocycles. The van der Waals surface area contributed by atoms with Gasteiger partial charge in [-0.25, -0.2) is 4.39 Å². The van der Waals surface area contributed by atoms with Gasteiger partial charge < -0.3 is 15.2 Å². The van der Waals surface area contributed by atoms with E-state index in [2.05, 4.69) is 0 Å².